The fraction of sp³-hybridized carbons (Fsp3) is 0. The molecule has 0 unspecified atom stereocenters. The molecule has 0 aliphatic heterocycles. The zero-order chi connectivity index (χ0) is 26.8. The number of hydrogen-bond acceptors (Lipinski definition) is 8. The van der Waals surface area contributed by atoms with Crippen LogP contribution in [0.3, 0.4) is 0 Å². The largest absolute Gasteiger partial charge is 0.297 e. The van der Waals surface area contributed by atoms with Crippen LogP contribution in [0.1, 0.15) is 0 Å². The molecule has 0 amide bonds. The summed E-state index contributed by atoms with van der Waals surface area (Å²) in [5.41, 5.74) is 0.600. The highest BCUT2D eigenvalue weighted by Gasteiger charge is 2.41. The molecule has 190 valence electrons. The molecular formula is C20H14O12S4. The van der Waals surface area contributed by atoms with E-state index in [9.17, 15) is 51.9 Å². The van der Waals surface area contributed by atoms with Gasteiger partial charge in [-0.3, -0.25) is 18.2 Å². The molecule has 0 bridgehead atoms. The average molecular weight is 575 g/mol. The summed E-state index contributed by atoms with van der Waals surface area (Å²) in [6.45, 7) is 0. The minimum atomic E-state index is -5.97. The third-order valence-electron chi connectivity index (χ3n) is 5.26. The van der Waals surface area contributed by atoms with Crippen LogP contribution in [0.25, 0.3) is 32.7 Å². The van der Waals surface area contributed by atoms with Crippen LogP contribution in [0.15, 0.2) is 80.2 Å². The molecule has 4 N–H and O–H groups in total. The Kier molecular flexibility index (Phi) is 6.01. The molecule has 0 radical (unpaired) electrons. The van der Waals surface area contributed by atoms with Crippen LogP contribution < -0.4 is 0 Å². The van der Waals surface area contributed by atoms with Gasteiger partial charge in [-0.15, -0.1) is 0 Å². The maximum absolute atomic E-state index is 12.3. The van der Waals surface area contributed by atoms with Gasteiger partial charge in [-0.2, -0.15) is 33.7 Å². The topological polar surface area (TPSA) is 217 Å². The first-order chi connectivity index (χ1) is 16.4. The molecule has 0 aromatic heterocycles. The number of fused-ring (bicyclic) bond motifs is 2. The third kappa shape index (κ3) is 4.48. The number of rotatable bonds is 5. The van der Waals surface area contributed by atoms with Crippen LogP contribution in [0.2, 0.25) is 0 Å². The second-order valence-corrected chi connectivity index (χ2v) is 12.9. The molecule has 36 heavy (non-hydrogen) atoms. The van der Waals surface area contributed by atoms with E-state index in [1.165, 1.54) is 6.07 Å². The Bertz CT molecular complexity index is 2020. The van der Waals surface area contributed by atoms with Crippen LogP contribution in [-0.2, 0) is 40.5 Å². The molecule has 4 aromatic rings. The van der Waals surface area contributed by atoms with Crippen molar-refractivity contribution in [2.24, 2.45) is 0 Å². The van der Waals surface area contributed by atoms with Crippen molar-refractivity contribution in [2.75, 3.05) is 0 Å². The van der Waals surface area contributed by atoms with E-state index < -0.39 is 70.8 Å². The van der Waals surface area contributed by atoms with Crippen molar-refractivity contribution in [3.05, 3.63) is 60.7 Å². The first-order valence-electron chi connectivity index (χ1n) is 9.44. The Morgan fingerprint density at radius 2 is 0.917 bits per heavy atom. The standard InChI is InChI=1S/C20H14O12S4/c21-33(22,23)17-15-9-8-12(14-7-3-5-11-4-1-2-6-13(11)14)10-16(15)18(34(24,25)26)20(36(30,31)32)19(17)35(27,28)29/h1-10H,(H,21,22,23)(H,24,25,26)(H,27,28,29)(H,30,31,32). The molecule has 0 fully saturated rings. The highest BCUT2D eigenvalue weighted by atomic mass is 32.2. The van der Waals surface area contributed by atoms with Gasteiger partial charge in [-0.1, -0.05) is 54.6 Å². The first kappa shape index (κ1) is 26.1. The molecule has 0 saturated carbocycles. The van der Waals surface area contributed by atoms with E-state index in [0.717, 1.165) is 17.5 Å². The minimum absolute atomic E-state index is 0.159. The van der Waals surface area contributed by atoms with Crippen LogP contribution in [-0.4, -0.2) is 51.9 Å². The van der Waals surface area contributed by atoms with E-state index in [0.29, 0.717) is 10.9 Å². The van der Waals surface area contributed by atoms with Crippen molar-refractivity contribution in [1.82, 2.24) is 0 Å². The normalized spacial score (nSPS) is 13.3. The van der Waals surface area contributed by atoms with Crippen molar-refractivity contribution in [1.29, 1.82) is 0 Å². The SMILES string of the molecule is O=S(=O)(O)c1c(S(=O)(=O)O)c(S(=O)(=O)O)c2cc(-c3cccc4ccccc34)ccc2c1S(=O)(=O)O. The van der Waals surface area contributed by atoms with Gasteiger partial charge in [0.2, 0.25) is 0 Å². The summed E-state index contributed by atoms with van der Waals surface area (Å²) in [7, 11) is -23.3. The molecular weight excluding hydrogens is 560 g/mol. The predicted molar refractivity (Wildman–Crippen MR) is 126 cm³/mol. The van der Waals surface area contributed by atoms with E-state index in [2.05, 4.69) is 0 Å². The summed E-state index contributed by atoms with van der Waals surface area (Å²) in [6.07, 6.45) is 0. The quantitative estimate of drug-likeness (QED) is 0.253. The lowest BCUT2D eigenvalue weighted by Gasteiger charge is -2.17. The van der Waals surface area contributed by atoms with Gasteiger partial charge in [0.05, 0.1) is 0 Å². The monoisotopic (exact) mass is 574 g/mol. The molecule has 0 aliphatic rings. The van der Waals surface area contributed by atoms with E-state index in [1.807, 2.05) is 0 Å². The van der Waals surface area contributed by atoms with Crippen LogP contribution in [0.5, 0.6) is 0 Å². The molecule has 4 rings (SSSR count). The Balaban J connectivity index is 2.38. The second kappa shape index (κ2) is 8.29. The summed E-state index contributed by atoms with van der Waals surface area (Å²) >= 11 is 0. The molecule has 16 heteroatoms. The molecule has 12 nitrogen and oxygen atoms in total. The summed E-state index contributed by atoms with van der Waals surface area (Å²) < 4.78 is 136. The Morgan fingerprint density at radius 1 is 0.444 bits per heavy atom. The summed E-state index contributed by atoms with van der Waals surface area (Å²) in [5.74, 6) is 0. The first-order valence-corrected chi connectivity index (χ1v) is 15.2. The van der Waals surface area contributed by atoms with E-state index >= 15 is 0 Å². The zero-order valence-electron chi connectivity index (χ0n) is 17.5. The lowest BCUT2D eigenvalue weighted by Crippen LogP contribution is -2.19. The van der Waals surface area contributed by atoms with Crippen molar-refractivity contribution in [3.63, 3.8) is 0 Å². The van der Waals surface area contributed by atoms with E-state index in [-0.39, 0.29) is 5.56 Å². The van der Waals surface area contributed by atoms with Gasteiger partial charge in [0.25, 0.3) is 40.5 Å². The van der Waals surface area contributed by atoms with Crippen molar-refractivity contribution in [2.45, 2.75) is 19.6 Å². The van der Waals surface area contributed by atoms with Gasteiger partial charge in [-0.25, -0.2) is 0 Å². The smallest absolute Gasteiger partial charge is 0.282 e. The maximum Gasteiger partial charge on any atom is 0.297 e. The third-order valence-corrected chi connectivity index (χ3v) is 9.38. The highest BCUT2D eigenvalue weighted by Crippen LogP contribution is 2.43. The predicted octanol–water partition coefficient (Wildman–Crippen LogP) is 2.65. The highest BCUT2D eigenvalue weighted by molar-refractivity contribution is 7.91. The summed E-state index contributed by atoms with van der Waals surface area (Å²) in [5, 5.41) is -0.388. The van der Waals surface area contributed by atoms with Gasteiger partial charge in [0, 0.05) is 10.8 Å². The van der Waals surface area contributed by atoms with Gasteiger partial charge in [-0.05, 0) is 28.0 Å². The van der Waals surface area contributed by atoms with Gasteiger partial charge in [0.1, 0.15) is 19.6 Å². The number of hydrogen-bond donors (Lipinski definition) is 4. The van der Waals surface area contributed by atoms with Gasteiger partial charge < -0.3 is 0 Å². The lowest BCUT2D eigenvalue weighted by atomic mass is 9.96. The van der Waals surface area contributed by atoms with Crippen LogP contribution >= 0.6 is 0 Å². The molecule has 0 spiro atoms. The van der Waals surface area contributed by atoms with E-state index in [1.54, 1.807) is 42.5 Å². The Labute approximate surface area is 204 Å². The lowest BCUT2D eigenvalue weighted by molar-refractivity contribution is 0.449. The fourth-order valence-corrected chi connectivity index (χ4v) is 8.97. The zero-order valence-corrected chi connectivity index (χ0v) is 20.7. The maximum atomic E-state index is 12.3. The van der Waals surface area contributed by atoms with Gasteiger partial charge in [0.15, 0.2) is 0 Å². The number of benzene rings is 4. The molecule has 0 atom stereocenters. The summed E-state index contributed by atoms with van der Waals surface area (Å²) in [4.78, 5) is -7.74. The minimum Gasteiger partial charge on any atom is -0.282 e. The summed E-state index contributed by atoms with van der Waals surface area (Å²) in [6, 6.07) is 14.9. The second-order valence-electron chi connectivity index (χ2n) is 7.50. The molecule has 0 heterocycles. The average Bonchev–Trinajstić information content (AvgIpc) is 2.73. The molecule has 0 saturated heterocycles. The van der Waals surface area contributed by atoms with Crippen LogP contribution in [0.4, 0.5) is 0 Å². The molecule has 4 aromatic carbocycles. The Hall–Kier alpha value is -2.96. The van der Waals surface area contributed by atoms with Crippen LogP contribution in [0, 0.1) is 0 Å². The van der Waals surface area contributed by atoms with E-state index in [4.69, 9.17) is 0 Å². The van der Waals surface area contributed by atoms with Crippen molar-refractivity contribution in [3.8, 4) is 11.1 Å². The fourth-order valence-electron chi connectivity index (χ4n) is 4.01. The van der Waals surface area contributed by atoms with Crippen molar-refractivity contribution < 1.29 is 51.9 Å². The Morgan fingerprint density at radius 3 is 1.44 bits per heavy atom. The molecule has 0 aliphatic carbocycles. The van der Waals surface area contributed by atoms with Gasteiger partial charge >= 0.3 is 0 Å². The van der Waals surface area contributed by atoms with Crippen molar-refractivity contribution >= 4 is 62.0 Å².